The third kappa shape index (κ3) is 34.8. The van der Waals surface area contributed by atoms with Gasteiger partial charge in [0, 0.05) is 19.3 Å². The van der Waals surface area contributed by atoms with Crippen molar-refractivity contribution in [3.63, 3.8) is 0 Å². The van der Waals surface area contributed by atoms with Crippen LogP contribution in [0.4, 0.5) is 0 Å². The maximum Gasteiger partial charge on any atom is 0.329 e. The number of carbonyl (C=O) groups is 4. The minimum Gasteiger partial charge on any atom is -0.462 e. The van der Waals surface area contributed by atoms with Crippen molar-refractivity contribution in [2.75, 3.05) is 13.2 Å². The number of amides is 2. The van der Waals surface area contributed by atoms with Gasteiger partial charge in [-0.15, -0.1) is 0 Å². The molecule has 86 heavy (non-hydrogen) atoms. The quantitative estimate of drug-likeness (QED) is 0.0363. The second kappa shape index (κ2) is 49.2. The van der Waals surface area contributed by atoms with Crippen LogP contribution < -0.4 is 10.6 Å². The lowest BCUT2D eigenvalue weighted by atomic mass is 9.96. The molecule has 0 spiro atoms. The van der Waals surface area contributed by atoms with Crippen LogP contribution in [0.5, 0.6) is 0 Å². The van der Waals surface area contributed by atoms with Crippen LogP contribution in [0.15, 0.2) is 91.0 Å². The smallest absolute Gasteiger partial charge is 0.329 e. The van der Waals surface area contributed by atoms with Crippen molar-refractivity contribution in [3.8, 4) is 0 Å². The fourth-order valence-corrected chi connectivity index (χ4v) is 11.3. The second-order valence-corrected chi connectivity index (χ2v) is 24.3. The van der Waals surface area contributed by atoms with Gasteiger partial charge in [0.15, 0.2) is 6.29 Å². The van der Waals surface area contributed by atoms with Crippen LogP contribution in [0.2, 0.25) is 0 Å². The van der Waals surface area contributed by atoms with E-state index >= 15 is 0 Å². The number of unbranched alkanes of at least 4 members (excludes halogenated alkanes) is 28. The van der Waals surface area contributed by atoms with Gasteiger partial charge in [-0.2, -0.15) is 0 Å². The molecule has 13 nitrogen and oxygen atoms in total. The Hall–Kier alpha value is -4.66. The summed E-state index contributed by atoms with van der Waals surface area (Å²) in [5.74, 6) is -1.58. The first-order chi connectivity index (χ1) is 42.2. The molecule has 1 fully saturated rings. The molecular formula is C73H116N2O11. The Morgan fingerprint density at radius 1 is 0.500 bits per heavy atom. The predicted molar refractivity (Wildman–Crippen MR) is 345 cm³/mol. The number of carbonyl (C=O) groups excluding carboxylic acids is 4. The summed E-state index contributed by atoms with van der Waals surface area (Å²) in [6.07, 6.45) is 31.8. The van der Waals surface area contributed by atoms with Crippen LogP contribution in [0.25, 0.3) is 0 Å². The monoisotopic (exact) mass is 1200 g/mol. The minimum atomic E-state index is -1.36. The fourth-order valence-electron chi connectivity index (χ4n) is 11.3. The summed E-state index contributed by atoms with van der Waals surface area (Å²) in [5.41, 5.74) is 2.65. The average Bonchev–Trinajstić information content (AvgIpc) is 1.30. The summed E-state index contributed by atoms with van der Waals surface area (Å²) >= 11 is 0. The third-order valence-electron chi connectivity index (χ3n) is 16.5. The van der Waals surface area contributed by atoms with Gasteiger partial charge in [0.25, 0.3) is 0 Å². The van der Waals surface area contributed by atoms with E-state index in [-0.39, 0.29) is 64.2 Å². The van der Waals surface area contributed by atoms with Gasteiger partial charge in [-0.25, -0.2) is 4.79 Å². The second-order valence-electron chi connectivity index (χ2n) is 24.3. The Morgan fingerprint density at radius 3 is 1.44 bits per heavy atom. The summed E-state index contributed by atoms with van der Waals surface area (Å²) in [4.78, 5) is 55.5. The van der Waals surface area contributed by atoms with Gasteiger partial charge in [0.05, 0.1) is 32.8 Å². The largest absolute Gasteiger partial charge is 0.462 e. The Labute approximate surface area is 520 Å². The molecular weight excluding hydrogens is 1080 g/mol. The van der Waals surface area contributed by atoms with Crippen molar-refractivity contribution < 1.29 is 52.7 Å². The van der Waals surface area contributed by atoms with E-state index in [1.54, 1.807) is 0 Å². The molecule has 2 amide bonds. The highest BCUT2D eigenvalue weighted by molar-refractivity contribution is 5.84. The summed E-state index contributed by atoms with van der Waals surface area (Å²) in [6, 6.07) is 26.6. The number of rotatable bonds is 53. The number of hydrogen-bond donors (Lipinski definition) is 3. The molecule has 0 aromatic heterocycles. The molecule has 13 heteroatoms. The molecule has 1 aliphatic rings. The van der Waals surface area contributed by atoms with Crippen LogP contribution in [0.3, 0.4) is 0 Å². The van der Waals surface area contributed by atoms with E-state index in [0.717, 1.165) is 80.9 Å². The third-order valence-corrected chi connectivity index (χ3v) is 16.5. The molecule has 1 aliphatic heterocycles. The average molecular weight is 1200 g/mol. The number of aliphatic hydroxyl groups is 1. The molecule has 4 rings (SSSR count). The summed E-state index contributed by atoms with van der Waals surface area (Å²) in [7, 11) is 0. The van der Waals surface area contributed by atoms with Gasteiger partial charge in [-0.05, 0) is 42.4 Å². The van der Waals surface area contributed by atoms with Crippen molar-refractivity contribution >= 4 is 23.8 Å². The van der Waals surface area contributed by atoms with Gasteiger partial charge in [0.2, 0.25) is 11.8 Å². The Morgan fingerprint density at radius 2 is 0.942 bits per heavy atom. The molecule has 3 aromatic carbocycles. The van der Waals surface area contributed by atoms with Crippen LogP contribution in [-0.2, 0) is 67.4 Å². The van der Waals surface area contributed by atoms with Crippen molar-refractivity contribution in [3.05, 3.63) is 108 Å². The SMILES string of the molecule is CCCCCCCCCCCCCC(=O)N[C@@H](CCO[C@@H]1O[C@H](COCc2ccccc2)[C@@H](OCc2ccccc2)[C@H](O)[C@H]1NC(=O)C[C@@H](CCCCCCCCCCC)OC(=O)CCCCCCCCCCCCC)C(=O)OCc1ccccc1. The molecule has 7 atom stereocenters. The maximum atomic E-state index is 14.5. The fraction of sp³-hybridized carbons (Fsp3) is 0.699. The molecule has 0 bridgehead atoms. The number of benzene rings is 3. The first-order valence-electron chi connectivity index (χ1n) is 34.4. The molecule has 484 valence electrons. The molecule has 1 saturated heterocycles. The Balaban J connectivity index is 1.49. The Bertz CT molecular complexity index is 2130. The van der Waals surface area contributed by atoms with Crippen LogP contribution >= 0.6 is 0 Å². The van der Waals surface area contributed by atoms with E-state index < -0.39 is 54.7 Å². The number of hydrogen-bond acceptors (Lipinski definition) is 11. The zero-order valence-electron chi connectivity index (χ0n) is 53.7. The van der Waals surface area contributed by atoms with Gasteiger partial charge in [-0.1, -0.05) is 292 Å². The minimum absolute atomic E-state index is 0.0192. The number of nitrogens with one attached hydrogen (secondary N) is 2. The van der Waals surface area contributed by atoms with E-state index in [9.17, 15) is 24.3 Å². The lowest BCUT2D eigenvalue weighted by Crippen LogP contribution is -2.65. The van der Waals surface area contributed by atoms with E-state index in [4.69, 9.17) is 28.4 Å². The lowest BCUT2D eigenvalue weighted by Gasteiger charge is -2.44. The van der Waals surface area contributed by atoms with E-state index in [1.165, 1.54) is 128 Å². The molecule has 0 radical (unpaired) electrons. The van der Waals surface area contributed by atoms with Crippen molar-refractivity contribution in [1.82, 2.24) is 10.6 Å². The van der Waals surface area contributed by atoms with Crippen molar-refractivity contribution in [1.29, 1.82) is 0 Å². The van der Waals surface area contributed by atoms with E-state index in [2.05, 4.69) is 31.4 Å². The molecule has 0 saturated carbocycles. The standard InChI is InChI=1S/C73H116N2O11/c1-4-7-10-13-16-19-21-24-27-30-42-51-66(76)74-64(72(80)84-58-62-48-39-34-40-49-62)53-54-82-73-69(70(79)71(83-57-61-46-37-33-38-47-61)65(86-73)59-81-56-60-44-35-32-36-45-60)75-67(77)55-63(50-41-29-26-23-18-15-12-9-6-3)85-68(78)52-43-31-28-25-22-20-17-14-11-8-5-2/h32-40,44-49,63-65,69-71,73,79H,4-31,41-43,50-59H2,1-3H3,(H,74,76)(H,75,77)/t63-,64+,65-,69-,70-,71-,73-/m1/s1. The summed E-state index contributed by atoms with van der Waals surface area (Å²) < 4.78 is 38.0. The summed E-state index contributed by atoms with van der Waals surface area (Å²) in [5, 5.41) is 18.5. The van der Waals surface area contributed by atoms with Gasteiger partial charge in [0.1, 0.15) is 43.1 Å². The highest BCUT2D eigenvalue weighted by Crippen LogP contribution is 2.28. The predicted octanol–water partition coefficient (Wildman–Crippen LogP) is 16.6. The van der Waals surface area contributed by atoms with E-state index in [1.807, 2.05) is 91.0 Å². The first-order valence-corrected chi connectivity index (χ1v) is 34.4. The zero-order chi connectivity index (χ0) is 61.3. The molecule has 0 aliphatic carbocycles. The topological polar surface area (TPSA) is 168 Å². The lowest BCUT2D eigenvalue weighted by molar-refractivity contribution is -0.282. The highest BCUT2D eigenvalue weighted by Gasteiger charge is 2.48. The number of aliphatic hydroxyl groups excluding tert-OH is 1. The molecule has 3 N–H and O–H groups in total. The number of esters is 2. The first kappa shape index (κ1) is 73.8. The maximum absolute atomic E-state index is 14.5. The van der Waals surface area contributed by atoms with Gasteiger partial charge >= 0.3 is 11.9 Å². The normalized spacial score (nSPS) is 17.4. The van der Waals surface area contributed by atoms with E-state index in [0.29, 0.717) is 19.3 Å². The molecule has 0 unspecified atom stereocenters. The number of ether oxygens (including phenoxy) is 6. The highest BCUT2D eigenvalue weighted by atomic mass is 16.7. The molecule has 3 aromatic rings. The van der Waals surface area contributed by atoms with Crippen LogP contribution in [0.1, 0.15) is 269 Å². The van der Waals surface area contributed by atoms with Crippen LogP contribution in [0, 0.1) is 0 Å². The van der Waals surface area contributed by atoms with Gasteiger partial charge < -0.3 is 44.2 Å². The zero-order valence-corrected chi connectivity index (χ0v) is 53.7. The molecule has 1 heterocycles. The Kier molecular flexibility index (Phi) is 42.3. The van der Waals surface area contributed by atoms with Gasteiger partial charge in [-0.3, -0.25) is 14.4 Å². The van der Waals surface area contributed by atoms with Crippen LogP contribution in [-0.4, -0.2) is 84.9 Å². The van der Waals surface area contributed by atoms with Crippen molar-refractivity contribution in [2.24, 2.45) is 0 Å². The van der Waals surface area contributed by atoms with Crippen molar-refractivity contribution in [2.45, 2.75) is 315 Å². The summed E-state index contributed by atoms with van der Waals surface area (Å²) in [6.45, 7) is 7.07.